The lowest BCUT2D eigenvalue weighted by Gasteiger charge is -2.19. The van der Waals surface area contributed by atoms with Gasteiger partial charge in [0.1, 0.15) is 11.5 Å². The van der Waals surface area contributed by atoms with E-state index in [-0.39, 0.29) is 0 Å². The molecule has 0 amide bonds. The highest BCUT2D eigenvalue weighted by atomic mass is 16.2. The van der Waals surface area contributed by atoms with E-state index in [1.807, 2.05) is 89.5 Å². The summed E-state index contributed by atoms with van der Waals surface area (Å²) >= 11 is 0. The molecule has 0 aliphatic heterocycles. The monoisotopic (exact) mass is 548 g/mol. The molecule has 10 heteroatoms. The Morgan fingerprint density at radius 3 is 1.93 bits per heavy atom. The van der Waals surface area contributed by atoms with Crippen molar-refractivity contribution in [3.05, 3.63) is 131 Å². The van der Waals surface area contributed by atoms with Crippen molar-refractivity contribution < 1.29 is 0 Å². The van der Waals surface area contributed by atoms with Gasteiger partial charge >= 0.3 is 11.4 Å². The molecule has 6 rings (SSSR count). The molecule has 206 valence electrons. The molecule has 1 aliphatic carbocycles. The zero-order valence-corrected chi connectivity index (χ0v) is 23.0. The van der Waals surface area contributed by atoms with Crippen molar-refractivity contribution in [3.63, 3.8) is 0 Å². The van der Waals surface area contributed by atoms with Crippen molar-refractivity contribution in [3.8, 4) is 5.69 Å². The molecule has 0 fully saturated rings. The van der Waals surface area contributed by atoms with Gasteiger partial charge in [-0.25, -0.2) is 9.59 Å². The second-order valence-electron chi connectivity index (χ2n) is 10.1. The summed E-state index contributed by atoms with van der Waals surface area (Å²) in [5, 5.41) is 3.66. The number of aryl methyl sites for hydroxylation is 1. The van der Waals surface area contributed by atoms with Gasteiger partial charge in [0.2, 0.25) is 0 Å². The van der Waals surface area contributed by atoms with Gasteiger partial charge in [-0.05, 0) is 30.3 Å². The summed E-state index contributed by atoms with van der Waals surface area (Å²) in [4.78, 5) is 52.9. The van der Waals surface area contributed by atoms with E-state index >= 15 is 0 Å². The number of aromatic nitrogens is 5. The first-order chi connectivity index (χ1) is 19.7. The molecule has 1 unspecified atom stereocenters. The van der Waals surface area contributed by atoms with E-state index < -0.39 is 28.4 Å². The summed E-state index contributed by atoms with van der Waals surface area (Å²) in [6.45, 7) is 0. The molecule has 2 aromatic carbocycles. The summed E-state index contributed by atoms with van der Waals surface area (Å²) < 4.78 is 6.98. The summed E-state index contributed by atoms with van der Waals surface area (Å²) in [5.41, 5.74) is 1.99. The number of nitrogens with zero attached hydrogens (tertiary/aromatic N) is 5. The average molecular weight is 549 g/mol. The fraction of sp³-hybridized carbons (Fsp3) is 0.161. The second kappa shape index (κ2) is 9.67. The first-order valence-electron chi connectivity index (χ1n) is 13.1. The molecule has 1 aliphatic rings. The predicted octanol–water partition coefficient (Wildman–Crippen LogP) is 2.99. The lowest BCUT2D eigenvalue weighted by Crippen LogP contribution is -2.40. The minimum Gasteiger partial charge on any atom is -0.341 e. The Bertz CT molecular complexity index is 2140. The molecular formula is C31H28N6O4. The molecule has 41 heavy (non-hydrogen) atoms. The third-order valence-electron chi connectivity index (χ3n) is 7.65. The van der Waals surface area contributed by atoms with Crippen LogP contribution in [0, 0.1) is 0 Å². The van der Waals surface area contributed by atoms with Gasteiger partial charge in [0.25, 0.3) is 11.1 Å². The van der Waals surface area contributed by atoms with Gasteiger partial charge in [0.05, 0.1) is 16.6 Å². The van der Waals surface area contributed by atoms with Crippen LogP contribution in [0.1, 0.15) is 22.7 Å². The number of benzene rings is 2. The smallest absolute Gasteiger partial charge is 0.332 e. The minimum atomic E-state index is -0.533. The molecule has 0 saturated heterocycles. The van der Waals surface area contributed by atoms with Crippen LogP contribution in [0.25, 0.3) is 28.9 Å². The Hall–Kier alpha value is -5.38. The predicted molar refractivity (Wildman–Crippen MR) is 161 cm³/mol. The number of fused-ring (bicyclic) bond motifs is 3. The van der Waals surface area contributed by atoms with E-state index in [2.05, 4.69) is 5.32 Å². The maximum atomic E-state index is 13.6. The van der Waals surface area contributed by atoms with Crippen LogP contribution in [0.2, 0.25) is 0 Å². The summed E-state index contributed by atoms with van der Waals surface area (Å²) in [6, 6.07) is 18.8. The Kier molecular flexibility index (Phi) is 6.10. The topological polar surface area (TPSA) is 105 Å². The Labute approximate surface area is 234 Å². The quantitative estimate of drug-likeness (QED) is 0.372. The number of para-hydroxylation sites is 2. The summed E-state index contributed by atoms with van der Waals surface area (Å²) in [5.74, 6) is -0.154. The molecule has 3 heterocycles. The normalized spacial score (nSPS) is 14.3. The van der Waals surface area contributed by atoms with E-state index in [1.165, 1.54) is 23.2 Å². The Morgan fingerprint density at radius 2 is 1.24 bits per heavy atom. The van der Waals surface area contributed by atoms with Crippen LogP contribution in [-0.4, -0.2) is 22.8 Å². The molecule has 10 nitrogen and oxygen atoms in total. The van der Waals surface area contributed by atoms with Crippen LogP contribution in [0.4, 0.5) is 11.5 Å². The zero-order valence-electron chi connectivity index (χ0n) is 23.0. The highest BCUT2D eigenvalue weighted by molar-refractivity contribution is 5.94. The maximum absolute atomic E-state index is 13.6. The molecule has 0 bridgehead atoms. The van der Waals surface area contributed by atoms with Gasteiger partial charge in [0.15, 0.2) is 0 Å². The third-order valence-corrected chi connectivity index (χ3v) is 7.65. The van der Waals surface area contributed by atoms with E-state index in [9.17, 15) is 19.2 Å². The van der Waals surface area contributed by atoms with Crippen LogP contribution >= 0.6 is 0 Å². The van der Waals surface area contributed by atoms with E-state index in [1.54, 1.807) is 14.1 Å². The zero-order chi connectivity index (χ0) is 29.0. The SMILES string of the molecule is Cn1c(Nc2ccccc2)c(C2C=Cc3c(n(-c4ccccc4)c4c3c(=O)n(C)c(=O)n4C)C=C2)c(=O)n(C)c1=O. The van der Waals surface area contributed by atoms with Crippen molar-refractivity contribution in [1.82, 2.24) is 22.8 Å². The largest absolute Gasteiger partial charge is 0.341 e. The highest BCUT2D eigenvalue weighted by Gasteiger charge is 2.26. The van der Waals surface area contributed by atoms with E-state index in [0.29, 0.717) is 33.7 Å². The third kappa shape index (κ3) is 3.95. The minimum absolute atomic E-state index is 0.379. The van der Waals surface area contributed by atoms with Crippen molar-refractivity contribution in [2.45, 2.75) is 5.92 Å². The molecule has 3 aromatic heterocycles. The summed E-state index contributed by atoms with van der Waals surface area (Å²) in [7, 11) is 6.19. The molecule has 1 N–H and O–H groups in total. The van der Waals surface area contributed by atoms with Gasteiger partial charge in [-0.3, -0.25) is 32.4 Å². The van der Waals surface area contributed by atoms with Crippen molar-refractivity contribution in [2.75, 3.05) is 5.32 Å². The fourth-order valence-corrected chi connectivity index (χ4v) is 5.50. The number of hydrogen-bond acceptors (Lipinski definition) is 5. The van der Waals surface area contributed by atoms with E-state index in [4.69, 9.17) is 0 Å². The van der Waals surface area contributed by atoms with Crippen molar-refractivity contribution in [1.29, 1.82) is 0 Å². The Morgan fingerprint density at radius 1 is 0.659 bits per heavy atom. The van der Waals surface area contributed by atoms with Gasteiger partial charge in [-0.15, -0.1) is 0 Å². The van der Waals surface area contributed by atoms with Gasteiger partial charge < -0.3 is 5.32 Å². The second-order valence-corrected chi connectivity index (χ2v) is 10.1. The van der Waals surface area contributed by atoms with Gasteiger partial charge in [-0.2, -0.15) is 0 Å². The van der Waals surface area contributed by atoms with Crippen LogP contribution < -0.4 is 27.8 Å². The van der Waals surface area contributed by atoms with Crippen molar-refractivity contribution >= 4 is 34.7 Å². The Balaban J connectivity index is 1.63. The highest BCUT2D eigenvalue weighted by Crippen LogP contribution is 2.35. The van der Waals surface area contributed by atoms with Crippen LogP contribution in [0.5, 0.6) is 0 Å². The molecule has 0 radical (unpaired) electrons. The number of rotatable bonds is 4. The molecule has 5 aromatic rings. The average Bonchev–Trinajstić information content (AvgIpc) is 3.18. The molecule has 1 atom stereocenters. The van der Waals surface area contributed by atoms with E-state index in [0.717, 1.165) is 20.5 Å². The number of allylic oxidation sites excluding steroid dienone is 2. The van der Waals surface area contributed by atoms with Crippen molar-refractivity contribution in [2.24, 2.45) is 28.2 Å². The standard InChI is InChI=1S/C31H28N6O4/c1-33-26(32-20-11-7-5-8-12-20)24(28(38)35(3)30(33)40)19-15-17-22-23(18-16-19)37(21-13-9-6-10-14-21)27-25(22)29(39)36(4)31(41)34(27)2/h5-19,32H,1-4H3. The van der Waals surface area contributed by atoms with Crippen LogP contribution in [0.15, 0.2) is 92.0 Å². The first kappa shape index (κ1) is 25.9. The molecular weight excluding hydrogens is 520 g/mol. The lowest BCUT2D eigenvalue weighted by molar-refractivity contribution is 0.675. The fourth-order valence-electron chi connectivity index (χ4n) is 5.50. The first-order valence-corrected chi connectivity index (χ1v) is 13.1. The lowest BCUT2D eigenvalue weighted by atomic mass is 9.99. The van der Waals surface area contributed by atoms with Gasteiger partial charge in [0, 0.05) is 51.0 Å². The maximum Gasteiger partial charge on any atom is 0.332 e. The molecule has 0 saturated carbocycles. The molecule has 0 spiro atoms. The van der Waals surface area contributed by atoms with Gasteiger partial charge in [-0.1, -0.05) is 54.6 Å². The number of nitrogens with one attached hydrogen (secondary N) is 1. The summed E-state index contributed by atoms with van der Waals surface area (Å²) in [6.07, 6.45) is 7.41. The van der Waals surface area contributed by atoms with Crippen LogP contribution in [-0.2, 0) is 28.2 Å². The number of anilines is 2. The van der Waals surface area contributed by atoms with Crippen LogP contribution in [0.3, 0.4) is 0 Å². The number of hydrogen-bond donors (Lipinski definition) is 1.